The van der Waals surface area contributed by atoms with Crippen LogP contribution in [0.3, 0.4) is 0 Å². The third-order valence-electron chi connectivity index (χ3n) is 1.05. The summed E-state index contributed by atoms with van der Waals surface area (Å²) in [6, 6.07) is 0. The lowest BCUT2D eigenvalue weighted by atomic mass is 10.5. The predicted octanol–water partition coefficient (Wildman–Crippen LogP) is 1.92. The smallest absolute Gasteiger partial charge is 0.150 e. The van der Waals surface area contributed by atoms with Gasteiger partial charge in [0.1, 0.15) is 4.34 Å². The van der Waals surface area contributed by atoms with Crippen LogP contribution in [0.25, 0.3) is 0 Å². The predicted molar refractivity (Wildman–Crippen MR) is 49.3 cm³/mol. The van der Waals surface area contributed by atoms with Gasteiger partial charge in [0.2, 0.25) is 0 Å². The largest absolute Gasteiger partial charge is 0.393 e. The van der Waals surface area contributed by atoms with Gasteiger partial charge in [0, 0.05) is 16.8 Å². The van der Waals surface area contributed by atoms with Gasteiger partial charge in [0.05, 0.1) is 6.10 Å². The van der Waals surface area contributed by atoms with Gasteiger partial charge in [-0.15, -0.1) is 11.3 Å². The van der Waals surface area contributed by atoms with Gasteiger partial charge in [0.25, 0.3) is 0 Å². The van der Waals surface area contributed by atoms with Crippen LogP contribution in [0.2, 0.25) is 0 Å². The van der Waals surface area contributed by atoms with Crippen molar-refractivity contribution in [2.75, 3.05) is 5.75 Å². The zero-order valence-corrected chi connectivity index (χ0v) is 8.21. The molecule has 11 heavy (non-hydrogen) atoms. The molecule has 1 N–H and O–H groups in total. The zero-order chi connectivity index (χ0) is 8.27. The van der Waals surface area contributed by atoms with Crippen LogP contribution in [-0.4, -0.2) is 21.9 Å². The molecular weight excluding hydrogens is 178 g/mol. The summed E-state index contributed by atoms with van der Waals surface area (Å²) in [7, 11) is 0. The Kier molecular flexibility index (Phi) is 3.36. The van der Waals surface area contributed by atoms with Crippen LogP contribution < -0.4 is 0 Å². The summed E-state index contributed by atoms with van der Waals surface area (Å²) in [6.07, 6.45) is -0.246. The summed E-state index contributed by atoms with van der Waals surface area (Å²) in [5, 5.41) is 11.0. The molecular formula is C7H11NOS2. The van der Waals surface area contributed by atoms with E-state index in [1.165, 1.54) is 0 Å². The highest BCUT2D eigenvalue weighted by atomic mass is 32.2. The second-order valence-electron chi connectivity index (χ2n) is 2.41. The van der Waals surface area contributed by atoms with Crippen LogP contribution in [0.15, 0.2) is 9.72 Å². The normalized spacial score (nSPS) is 13.4. The molecule has 0 amide bonds. The molecule has 1 heterocycles. The molecule has 1 rings (SSSR count). The molecule has 0 saturated carbocycles. The lowest BCUT2D eigenvalue weighted by molar-refractivity contribution is 0.220. The maximum absolute atomic E-state index is 8.98. The molecule has 62 valence electrons. The van der Waals surface area contributed by atoms with Crippen LogP contribution in [0, 0.1) is 6.92 Å². The van der Waals surface area contributed by atoms with E-state index in [9.17, 15) is 0 Å². The number of thioether (sulfide) groups is 1. The van der Waals surface area contributed by atoms with Gasteiger partial charge in [-0.2, -0.15) is 0 Å². The summed E-state index contributed by atoms with van der Waals surface area (Å²) < 4.78 is 1.04. The van der Waals surface area contributed by atoms with Gasteiger partial charge < -0.3 is 5.11 Å². The van der Waals surface area contributed by atoms with E-state index in [2.05, 4.69) is 4.98 Å². The highest BCUT2D eigenvalue weighted by Gasteiger charge is 2.01. The van der Waals surface area contributed by atoms with E-state index >= 15 is 0 Å². The fraction of sp³-hybridized carbons (Fsp3) is 0.571. The molecule has 2 nitrogen and oxygen atoms in total. The van der Waals surface area contributed by atoms with Crippen molar-refractivity contribution in [3.05, 3.63) is 11.1 Å². The Balaban J connectivity index is 2.39. The van der Waals surface area contributed by atoms with Crippen molar-refractivity contribution in [1.82, 2.24) is 4.98 Å². The van der Waals surface area contributed by atoms with Crippen LogP contribution in [0.5, 0.6) is 0 Å². The number of aliphatic hydroxyl groups excluding tert-OH is 1. The molecule has 0 aliphatic rings. The molecule has 0 aliphatic heterocycles. The second-order valence-corrected chi connectivity index (χ2v) is 4.54. The van der Waals surface area contributed by atoms with Crippen LogP contribution in [-0.2, 0) is 0 Å². The number of aryl methyl sites for hydroxylation is 1. The van der Waals surface area contributed by atoms with Gasteiger partial charge in [0.15, 0.2) is 0 Å². The van der Waals surface area contributed by atoms with Crippen molar-refractivity contribution in [2.24, 2.45) is 0 Å². The average Bonchev–Trinajstić information content (AvgIpc) is 2.31. The van der Waals surface area contributed by atoms with Crippen molar-refractivity contribution in [3.8, 4) is 0 Å². The van der Waals surface area contributed by atoms with Crippen molar-refractivity contribution < 1.29 is 5.11 Å². The van der Waals surface area contributed by atoms with Gasteiger partial charge >= 0.3 is 0 Å². The topological polar surface area (TPSA) is 33.1 Å². The fourth-order valence-electron chi connectivity index (χ4n) is 0.591. The zero-order valence-electron chi connectivity index (χ0n) is 6.57. The molecule has 0 unspecified atom stereocenters. The Hall–Kier alpha value is -0.0600. The van der Waals surface area contributed by atoms with Gasteiger partial charge in [-0.1, -0.05) is 11.8 Å². The molecule has 0 aliphatic carbocycles. The molecule has 4 heteroatoms. The molecule has 0 radical (unpaired) electrons. The Morgan fingerprint density at radius 3 is 3.00 bits per heavy atom. The van der Waals surface area contributed by atoms with Gasteiger partial charge in [-0.3, -0.25) is 0 Å². The third kappa shape index (κ3) is 3.22. The number of aliphatic hydroxyl groups is 1. The fourth-order valence-corrected chi connectivity index (χ4v) is 2.32. The second kappa shape index (κ2) is 4.09. The molecule has 0 bridgehead atoms. The molecule has 0 aromatic carbocycles. The average molecular weight is 189 g/mol. The van der Waals surface area contributed by atoms with E-state index in [4.69, 9.17) is 5.11 Å². The third-order valence-corrected chi connectivity index (χ3v) is 3.43. The standard InChI is InChI=1S/C7H11NOS2/c1-5-3-10-7(8-5)11-4-6(2)9/h3,6,9H,4H2,1-2H3/t6-/m0/s1. The lowest BCUT2D eigenvalue weighted by Gasteiger charge is -1.98. The van der Waals surface area contributed by atoms with Crippen molar-refractivity contribution in [3.63, 3.8) is 0 Å². The van der Waals surface area contributed by atoms with Crippen LogP contribution in [0.1, 0.15) is 12.6 Å². The lowest BCUT2D eigenvalue weighted by Crippen LogP contribution is -2.01. The maximum atomic E-state index is 8.98. The first-order valence-electron chi connectivity index (χ1n) is 3.41. The number of hydrogen-bond acceptors (Lipinski definition) is 4. The summed E-state index contributed by atoms with van der Waals surface area (Å²) >= 11 is 3.24. The number of rotatable bonds is 3. The summed E-state index contributed by atoms with van der Waals surface area (Å²) in [6.45, 7) is 3.76. The van der Waals surface area contributed by atoms with Gasteiger partial charge in [-0.25, -0.2) is 4.98 Å². The Bertz CT molecular complexity index is 222. The van der Waals surface area contributed by atoms with Gasteiger partial charge in [-0.05, 0) is 13.8 Å². The minimum Gasteiger partial charge on any atom is -0.393 e. The summed E-state index contributed by atoms with van der Waals surface area (Å²) in [5.41, 5.74) is 1.06. The first-order chi connectivity index (χ1) is 5.18. The number of hydrogen-bond donors (Lipinski definition) is 1. The first-order valence-corrected chi connectivity index (χ1v) is 5.28. The van der Waals surface area contributed by atoms with E-state index in [1.807, 2.05) is 12.3 Å². The molecule has 1 atom stereocenters. The Morgan fingerprint density at radius 2 is 2.55 bits per heavy atom. The maximum Gasteiger partial charge on any atom is 0.150 e. The van der Waals surface area contributed by atoms with Crippen molar-refractivity contribution >= 4 is 23.1 Å². The summed E-state index contributed by atoms with van der Waals surface area (Å²) in [5.74, 6) is 0.729. The first kappa shape index (κ1) is 9.03. The Morgan fingerprint density at radius 1 is 1.82 bits per heavy atom. The molecule has 1 aromatic rings. The van der Waals surface area contributed by atoms with E-state index in [0.29, 0.717) is 0 Å². The number of nitrogens with zero attached hydrogens (tertiary/aromatic N) is 1. The quantitative estimate of drug-likeness (QED) is 0.737. The van der Waals surface area contributed by atoms with Crippen LogP contribution in [0.4, 0.5) is 0 Å². The molecule has 0 fully saturated rings. The summed E-state index contributed by atoms with van der Waals surface area (Å²) in [4.78, 5) is 4.25. The van der Waals surface area contributed by atoms with E-state index in [-0.39, 0.29) is 6.10 Å². The highest BCUT2D eigenvalue weighted by Crippen LogP contribution is 2.22. The van der Waals surface area contributed by atoms with Crippen LogP contribution >= 0.6 is 23.1 Å². The Labute approximate surface area is 74.7 Å². The molecule has 1 aromatic heterocycles. The van der Waals surface area contributed by atoms with E-state index in [1.54, 1.807) is 30.0 Å². The van der Waals surface area contributed by atoms with Crippen molar-refractivity contribution in [2.45, 2.75) is 24.3 Å². The number of thiazole rings is 1. The van der Waals surface area contributed by atoms with E-state index < -0.39 is 0 Å². The minimum absolute atomic E-state index is 0.246. The number of aromatic nitrogens is 1. The monoisotopic (exact) mass is 189 g/mol. The van der Waals surface area contributed by atoms with E-state index in [0.717, 1.165) is 15.8 Å². The van der Waals surface area contributed by atoms with Crippen molar-refractivity contribution in [1.29, 1.82) is 0 Å². The SMILES string of the molecule is Cc1csc(SC[C@H](C)O)n1. The molecule has 0 spiro atoms. The molecule has 0 saturated heterocycles. The minimum atomic E-state index is -0.246. The highest BCUT2D eigenvalue weighted by molar-refractivity contribution is 8.01.